The van der Waals surface area contributed by atoms with E-state index in [4.69, 9.17) is 0 Å². The summed E-state index contributed by atoms with van der Waals surface area (Å²) in [5, 5.41) is 2.90. The van der Waals surface area contributed by atoms with Crippen LogP contribution in [0.2, 0.25) is 0 Å². The van der Waals surface area contributed by atoms with E-state index in [1.165, 1.54) is 0 Å². The topological polar surface area (TPSA) is 66.5 Å². The summed E-state index contributed by atoms with van der Waals surface area (Å²) in [5.74, 6) is -0.581. The van der Waals surface area contributed by atoms with Gasteiger partial charge >= 0.3 is 0 Å². The molecule has 3 amide bonds. The van der Waals surface area contributed by atoms with Gasteiger partial charge in [-0.3, -0.25) is 14.4 Å². The lowest BCUT2D eigenvalue weighted by atomic mass is 10.1. The van der Waals surface area contributed by atoms with Crippen LogP contribution in [0.15, 0.2) is 42.5 Å². The molecular weight excluding hydrogens is 304 g/mol. The Bertz CT molecular complexity index is 849. The van der Waals surface area contributed by atoms with Crippen LogP contribution in [-0.2, 0) is 4.79 Å². The fraction of sp³-hybridized carbons (Fsp3) is 0.211. The predicted molar refractivity (Wildman–Crippen MR) is 90.1 cm³/mol. The van der Waals surface area contributed by atoms with Crippen LogP contribution < -0.4 is 10.2 Å². The number of nitrogens with one attached hydrogen (secondary N) is 1. The number of fused-ring (bicyclic) bond motifs is 1. The van der Waals surface area contributed by atoms with Gasteiger partial charge in [-0.15, -0.1) is 0 Å². The maximum absolute atomic E-state index is 12.6. The Hall–Kier alpha value is -2.95. The van der Waals surface area contributed by atoms with E-state index in [0.29, 0.717) is 22.5 Å². The molecule has 2 aromatic carbocycles. The molecule has 120 valence electrons. The van der Waals surface area contributed by atoms with Crippen molar-refractivity contribution in [2.75, 3.05) is 10.2 Å². The molecule has 0 atom stereocenters. The number of rotatable bonds is 3. The van der Waals surface area contributed by atoms with Crippen LogP contribution in [0.5, 0.6) is 0 Å². The van der Waals surface area contributed by atoms with Gasteiger partial charge in [-0.05, 0) is 49.6 Å². The number of benzene rings is 2. The third-order valence-corrected chi connectivity index (χ3v) is 4.48. The lowest BCUT2D eigenvalue weighted by molar-refractivity contribution is -0.117. The highest BCUT2D eigenvalue weighted by molar-refractivity contribution is 6.34. The molecule has 2 aliphatic rings. The van der Waals surface area contributed by atoms with Crippen LogP contribution >= 0.6 is 0 Å². The molecule has 0 aromatic heterocycles. The minimum absolute atomic E-state index is 0.00221. The van der Waals surface area contributed by atoms with Crippen LogP contribution in [-0.4, -0.2) is 17.7 Å². The summed E-state index contributed by atoms with van der Waals surface area (Å²) in [6.45, 7) is 1.88. The summed E-state index contributed by atoms with van der Waals surface area (Å²) in [7, 11) is 0. The molecule has 1 N–H and O–H groups in total. The maximum Gasteiger partial charge on any atom is 0.266 e. The van der Waals surface area contributed by atoms with Gasteiger partial charge in [0.1, 0.15) is 0 Å². The van der Waals surface area contributed by atoms with Crippen molar-refractivity contribution in [3.63, 3.8) is 0 Å². The van der Waals surface area contributed by atoms with Crippen molar-refractivity contribution in [3.05, 3.63) is 59.2 Å². The van der Waals surface area contributed by atoms with Crippen molar-refractivity contribution >= 4 is 29.1 Å². The SMILES string of the molecule is Cc1ccc(N2C(=O)c3ccccc3C2=O)cc1NC(=O)C1CC1. The molecule has 24 heavy (non-hydrogen) atoms. The minimum atomic E-state index is -0.334. The fourth-order valence-electron chi connectivity index (χ4n) is 2.89. The molecule has 0 unspecified atom stereocenters. The van der Waals surface area contributed by atoms with Gasteiger partial charge in [-0.2, -0.15) is 0 Å². The van der Waals surface area contributed by atoms with Crippen molar-refractivity contribution < 1.29 is 14.4 Å². The van der Waals surface area contributed by atoms with Crippen molar-refractivity contribution in [2.24, 2.45) is 5.92 Å². The first kappa shape index (κ1) is 14.6. The number of hydrogen-bond acceptors (Lipinski definition) is 3. The molecule has 0 radical (unpaired) electrons. The van der Waals surface area contributed by atoms with Crippen LogP contribution in [0, 0.1) is 12.8 Å². The first-order valence-electron chi connectivity index (χ1n) is 7.95. The van der Waals surface area contributed by atoms with Crippen molar-refractivity contribution in [1.29, 1.82) is 0 Å². The lowest BCUT2D eigenvalue weighted by Crippen LogP contribution is -2.29. The Morgan fingerprint density at radius 2 is 1.67 bits per heavy atom. The molecule has 1 fully saturated rings. The molecule has 4 rings (SSSR count). The molecule has 0 bridgehead atoms. The number of hydrogen-bond donors (Lipinski definition) is 1. The molecule has 1 saturated carbocycles. The Kier molecular flexibility index (Phi) is 3.23. The lowest BCUT2D eigenvalue weighted by Gasteiger charge is -2.17. The second-order valence-corrected chi connectivity index (χ2v) is 6.25. The summed E-state index contributed by atoms with van der Waals surface area (Å²) in [5.41, 5.74) is 2.82. The molecule has 0 saturated heterocycles. The molecule has 5 heteroatoms. The second-order valence-electron chi connectivity index (χ2n) is 6.25. The van der Waals surface area contributed by atoms with E-state index in [9.17, 15) is 14.4 Å². The molecule has 1 aliphatic carbocycles. The quantitative estimate of drug-likeness (QED) is 0.884. The van der Waals surface area contributed by atoms with Gasteiger partial charge in [-0.25, -0.2) is 4.90 Å². The van der Waals surface area contributed by atoms with E-state index in [-0.39, 0.29) is 23.6 Å². The number of imide groups is 1. The standard InChI is InChI=1S/C19H16N2O3/c1-11-6-9-13(10-16(11)20-17(22)12-7-8-12)21-18(23)14-4-2-3-5-15(14)19(21)24/h2-6,9-10,12H,7-8H2,1H3,(H,20,22). The predicted octanol–water partition coefficient (Wildman–Crippen LogP) is 3.14. The normalized spacial score (nSPS) is 16.3. The van der Waals surface area contributed by atoms with Crippen molar-refractivity contribution in [2.45, 2.75) is 19.8 Å². The zero-order valence-corrected chi connectivity index (χ0v) is 13.2. The van der Waals surface area contributed by atoms with Gasteiger partial charge in [0.15, 0.2) is 0 Å². The number of amides is 3. The minimum Gasteiger partial charge on any atom is -0.326 e. The van der Waals surface area contributed by atoms with Gasteiger partial charge in [0.05, 0.1) is 16.8 Å². The van der Waals surface area contributed by atoms with E-state index >= 15 is 0 Å². The first-order chi connectivity index (χ1) is 11.6. The molecule has 1 aliphatic heterocycles. The Morgan fingerprint density at radius 3 is 2.25 bits per heavy atom. The summed E-state index contributed by atoms with van der Waals surface area (Å²) in [4.78, 5) is 38.3. The van der Waals surface area contributed by atoms with Crippen LogP contribution in [0.25, 0.3) is 0 Å². The maximum atomic E-state index is 12.6. The Balaban J connectivity index is 1.69. The average Bonchev–Trinajstić information content (AvgIpc) is 3.39. The third kappa shape index (κ3) is 2.29. The monoisotopic (exact) mass is 320 g/mol. The van der Waals surface area contributed by atoms with Gasteiger partial charge in [-0.1, -0.05) is 18.2 Å². The molecule has 5 nitrogen and oxygen atoms in total. The van der Waals surface area contributed by atoms with E-state index < -0.39 is 0 Å². The highest BCUT2D eigenvalue weighted by Gasteiger charge is 2.36. The molecule has 2 aromatic rings. The largest absolute Gasteiger partial charge is 0.326 e. The van der Waals surface area contributed by atoms with Gasteiger partial charge in [0, 0.05) is 11.6 Å². The molecular formula is C19H16N2O3. The first-order valence-corrected chi connectivity index (χ1v) is 7.95. The Labute approximate surface area is 139 Å². The van der Waals surface area contributed by atoms with Crippen LogP contribution in [0.3, 0.4) is 0 Å². The van der Waals surface area contributed by atoms with E-state index in [1.807, 2.05) is 6.92 Å². The van der Waals surface area contributed by atoms with Gasteiger partial charge in [0.25, 0.3) is 11.8 Å². The van der Waals surface area contributed by atoms with Crippen LogP contribution in [0.1, 0.15) is 39.1 Å². The molecule has 1 heterocycles. The summed E-state index contributed by atoms with van der Waals surface area (Å²) in [6.07, 6.45) is 1.84. The van der Waals surface area contributed by atoms with E-state index in [1.54, 1.807) is 42.5 Å². The fourth-order valence-corrected chi connectivity index (χ4v) is 2.89. The third-order valence-electron chi connectivity index (χ3n) is 4.48. The van der Waals surface area contributed by atoms with Crippen molar-refractivity contribution in [1.82, 2.24) is 0 Å². The van der Waals surface area contributed by atoms with Crippen LogP contribution in [0.4, 0.5) is 11.4 Å². The summed E-state index contributed by atoms with van der Waals surface area (Å²) < 4.78 is 0. The number of anilines is 2. The number of carbonyl (C=O) groups excluding carboxylic acids is 3. The number of aryl methyl sites for hydroxylation is 1. The summed E-state index contributed by atoms with van der Waals surface area (Å²) in [6, 6.07) is 12.0. The van der Waals surface area contributed by atoms with E-state index in [0.717, 1.165) is 23.3 Å². The molecule has 0 spiro atoms. The summed E-state index contributed by atoms with van der Waals surface area (Å²) >= 11 is 0. The second kappa shape index (κ2) is 5.30. The van der Waals surface area contributed by atoms with Crippen molar-refractivity contribution in [3.8, 4) is 0 Å². The smallest absolute Gasteiger partial charge is 0.266 e. The number of nitrogens with zero attached hydrogens (tertiary/aromatic N) is 1. The highest BCUT2D eigenvalue weighted by Crippen LogP contribution is 2.33. The average molecular weight is 320 g/mol. The number of carbonyl (C=O) groups is 3. The Morgan fingerprint density at radius 1 is 1.04 bits per heavy atom. The zero-order valence-electron chi connectivity index (χ0n) is 13.2. The van der Waals surface area contributed by atoms with Gasteiger partial charge < -0.3 is 5.32 Å². The highest BCUT2D eigenvalue weighted by atomic mass is 16.2. The van der Waals surface area contributed by atoms with E-state index in [2.05, 4.69) is 5.32 Å². The zero-order chi connectivity index (χ0) is 16.8. The van der Waals surface area contributed by atoms with Gasteiger partial charge in [0.2, 0.25) is 5.91 Å².